The van der Waals surface area contributed by atoms with Crippen molar-refractivity contribution in [3.8, 4) is 11.6 Å². The number of rotatable bonds is 2. The molecule has 0 atom stereocenters. The lowest BCUT2D eigenvalue weighted by molar-refractivity contribution is 0.457. The van der Waals surface area contributed by atoms with E-state index < -0.39 is 0 Å². The highest BCUT2D eigenvalue weighted by Crippen LogP contribution is 2.29. The van der Waals surface area contributed by atoms with E-state index in [-0.39, 0.29) is 11.4 Å². The molecule has 1 aromatic carbocycles. The van der Waals surface area contributed by atoms with Crippen LogP contribution in [0, 0.1) is 13.8 Å². The Kier molecular flexibility index (Phi) is 3.66. The SMILES string of the molecule is Cc1cc(Oc2ccc(C(C)(C)C)cc2C)nc(N)n1. The third-order valence-corrected chi connectivity index (χ3v) is 3.10. The molecular formula is C16H21N3O. The standard InChI is InChI=1S/C16H21N3O/c1-10-8-12(16(3,4)5)6-7-13(10)20-14-9-11(2)18-15(17)19-14/h6-9H,1-5H3,(H2,17,18,19). The van der Waals surface area contributed by atoms with Crippen LogP contribution in [0.4, 0.5) is 5.95 Å². The molecule has 0 amide bonds. The average Bonchev–Trinajstić information content (AvgIpc) is 2.29. The maximum Gasteiger partial charge on any atom is 0.224 e. The van der Waals surface area contributed by atoms with E-state index in [9.17, 15) is 0 Å². The summed E-state index contributed by atoms with van der Waals surface area (Å²) in [5.74, 6) is 1.49. The molecule has 4 heteroatoms. The summed E-state index contributed by atoms with van der Waals surface area (Å²) in [6.45, 7) is 10.5. The zero-order chi connectivity index (χ0) is 14.9. The molecule has 0 saturated heterocycles. The summed E-state index contributed by atoms with van der Waals surface area (Å²) in [7, 11) is 0. The maximum absolute atomic E-state index is 5.81. The number of ether oxygens (including phenoxy) is 1. The van der Waals surface area contributed by atoms with Gasteiger partial charge in [0, 0.05) is 11.8 Å². The second-order valence-corrected chi connectivity index (χ2v) is 6.04. The summed E-state index contributed by atoms with van der Waals surface area (Å²) in [5, 5.41) is 0. The van der Waals surface area contributed by atoms with E-state index in [4.69, 9.17) is 10.5 Å². The van der Waals surface area contributed by atoms with Crippen molar-refractivity contribution < 1.29 is 4.74 Å². The van der Waals surface area contributed by atoms with Gasteiger partial charge in [-0.25, -0.2) is 4.98 Å². The minimum atomic E-state index is 0.124. The molecule has 0 fully saturated rings. The Balaban J connectivity index is 2.30. The van der Waals surface area contributed by atoms with Gasteiger partial charge >= 0.3 is 0 Å². The van der Waals surface area contributed by atoms with Gasteiger partial charge in [0.1, 0.15) is 5.75 Å². The number of aromatic nitrogens is 2. The molecule has 1 heterocycles. The van der Waals surface area contributed by atoms with Crippen molar-refractivity contribution in [3.63, 3.8) is 0 Å². The van der Waals surface area contributed by atoms with Crippen LogP contribution in [0.25, 0.3) is 0 Å². The number of nitrogens with two attached hydrogens (primary N) is 1. The summed E-state index contributed by atoms with van der Waals surface area (Å²) in [4.78, 5) is 8.12. The third kappa shape index (κ3) is 3.26. The van der Waals surface area contributed by atoms with E-state index >= 15 is 0 Å². The number of nitrogens with zero attached hydrogens (tertiary/aromatic N) is 2. The zero-order valence-electron chi connectivity index (χ0n) is 12.7. The normalized spacial score (nSPS) is 11.4. The topological polar surface area (TPSA) is 61.0 Å². The van der Waals surface area contributed by atoms with E-state index in [2.05, 4.69) is 42.9 Å². The zero-order valence-corrected chi connectivity index (χ0v) is 12.7. The molecule has 1 aromatic heterocycles. The van der Waals surface area contributed by atoms with Crippen molar-refractivity contribution in [1.82, 2.24) is 9.97 Å². The molecule has 2 rings (SSSR count). The fourth-order valence-electron chi connectivity index (χ4n) is 1.96. The lowest BCUT2D eigenvalue weighted by Crippen LogP contribution is -2.11. The lowest BCUT2D eigenvalue weighted by atomic mass is 9.86. The number of nitrogen functional groups attached to an aromatic ring is 1. The van der Waals surface area contributed by atoms with Crippen LogP contribution in [-0.2, 0) is 5.41 Å². The van der Waals surface area contributed by atoms with E-state index in [0.29, 0.717) is 5.88 Å². The molecule has 0 aliphatic rings. The van der Waals surface area contributed by atoms with Crippen LogP contribution in [0.5, 0.6) is 11.6 Å². The Morgan fingerprint density at radius 3 is 2.30 bits per heavy atom. The van der Waals surface area contributed by atoms with Gasteiger partial charge in [-0.3, -0.25) is 0 Å². The highest BCUT2D eigenvalue weighted by Gasteiger charge is 2.15. The van der Waals surface area contributed by atoms with Crippen LogP contribution in [0.2, 0.25) is 0 Å². The fourth-order valence-corrected chi connectivity index (χ4v) is 1.96. The summed E-state index contributed by atoms with van der Waals surface area (Å²) >= 11 is 0. The van der Waals surface area contributed by atoms with Crippen molar-refractivity contribution in [2.24, 2.45) is 0 Å². The molecular weight excluding hydrogens is 250 g/mol. The largest absolute Gasteiger partial charge is 0.439 e. The first kappa shape index (κ1) is 14.3. The molecule has 0 bridgehead atoms. The first-order valence-corrected chi connectivity index (χ1v) is 6.66. The Morgan fingerprint density at radius 2 is 1.75 bits per heavy atom. The van der Waals surface area contributed by atoms with Gasteiger partial charge in [-0.2, -0.15) is 4.98 Å². The molecule has 106 valence electrons. The van der Waals surface area contributed by atoms with Gasteiger partial charge in [0.2, 0.25) is 11.8 Å². The predicted molar refractivity (Wildman–Crippen MR) is 81.1 cm³/mol. The van der Waals surface area contributed by atoms with Gasteiger partial charge in [0.05, 0.1) is 0 Å². The van der Waals surface area contributed by atoms with Gasteiger partial charge in [-0.05, 0) is 36.5 Å². The average molecular weight is 271 g/mol. The number of benzene rings is 1. The first-order valence-electron chi connectivity index (χ1n) is 6.66. The van der Waals surface area contributed by atoms with E-state index in [0.717, 1.165) is 17.0 Å². The number of aryl methyl sites for hydroxylation is 2. The lowest BCUT2D eigenvalue weighted by Gasteiger charge is -2.20. The summed E-state index contributed by atoms with van der Waals surface area (Å²) in [5.41, 5.74) is 8.90. The van der Waals surface area contributed by atoms with Gasteiger partial charge < -0.3 is 10.5 Å². The smallest absolute Gasteiger partial charge is 0.224 e. The van der Waals surface area contributed by atoms with Crippen LogP contribution in [0.1, 0.15) is 37.6 Å². The van der Waals surface area contributed by atoms with Crippen LogP contribution >= 0.6 is 0 Å². The second-order valence-electron chi connectivity index (χ2n) is 6.04. The predicted octanol–water partition coefficient (Wildman–Crippen LogP) is 3.77. The third-order valence-electron chi connectivity index (χ3n) is 3.10. The first-order chi connectivity index (χ1) is 9.25. The highest BCUT2D eigenvalue weighted by molar-refractivity contribution is 5.41. The Morgan fingerprint density at radius 1 is 1.05 bits per heavy atom. The van der Waals surface area contributed by atoms with Crippen LogP contribution in [0.15, 0.2) is 24.3 Å². The van der Waals surface area contributed by atoms with Crippen LogP contribution in [-0.4, -0.2) is 9.97 Å². The molecule has 2 aromatic rings. The summed E-state index contributed by atoms with van der Waals surface area (Å²) in [6, 6.07) is 7.98. The minimum Gasteiger partial charge on any atom is -0.439 e. The summed E-state index contributed by atoms with van der Waals surface area (Å²) < 4.78 is 5.81. The molecule has 0 aliphatic carbocycles. The number of anilines is 1. The number of hydrogen-bond donors (Lipinski definition) is 1. The molecule has 0 radical (unpaired) electrons. The summed E-state index contributed by atoms with van der Waals surface area (Å²) in [6.07, 6.45) is 0. The van der Waals surface area contributed by atoms with Gasteiger partial charge in [0.15, 0.2) is 0 Å². The van der Waals surface area contributed by atoms with Crippen molar-refractivity contribution >= 4 is 5.95 Å². The molecule has 0 saturated carbocycles. The Bertz CT molecular complexity index is 610. The monoisotopic (exact) mass is 271 g/mol. The van der Waals surface area contributed by atoms with Crippen molar-refractivity contribution in [1.29, 1.82) is 0 Å². The van der Waals surface area contributed by atoms with Crippen molar-refractivity contribution in [2.45, 2.75) is 40.0 Å². The molecule has 20 heavy (non-hydrogen) atoms. The Hall–Kier alpha value is -2.10. The highest BCUT2D eigenvalue weighted by atomic mass is 16.5. The Labute approximate surface area is 120 Å². The maximum atomic E-state index is 5.81. The quantitative estimate of drug-likeness (QED) is 0.903. The van der Waals surface area contributed by atoms with E-state index in [1.54, 1.807) is 6.07 Å². The van der Waals surface area contributed by atoms with Gasteiger partial charge in [-0.1, -0.05) is 32.9 Å². The van der Waals surface area contributed by atoms with E-state index in [1.165, 1.54) is 5.56 Å². The van der Waals surface area contributed by atoms with Gasteiger partial charge in [-0.15, -0.1) is 0 Å². The molecule has 4 nitrogen and oxygen atoms in total. The van der Waals surface area contributed by atoms with E-state index in [1.807, 2.05) is 19.9 Å². The van der Waals surface area contributed by atoms with Crippen molar-refractivity contribution in [3.05, 3.63) is 41.1 Å². The second kappa shape index (κ2) is 5.12. The molecule has 2 N–H and O–H groups in total. The van der Waals surface area contributed by atoms with Crippen molar-refractivity contribution in [2.75, 3.05) is 5.73 Å². The molecule has 0 unspecified atom stereocenters. The number of hydrogen-bond acceptors (Lipinski definition) is 4. The molecule has 0 aliphatic heterocycles. The molecule has 0 spiro atoms. The fraction of sp³-hybridized carbons (Fsp3) is 0.375. The van der Waals surface area contributed by atoms with Crippen LogP contribution < -0.4 is 10.5 Å². The van der Waals surface area contributed by atoms with Gasteiger partial charge in [0.25, 0.3) is 0 Å². The van der Waals surface area contributed by atoms with Crippen LogP contribution in [0.3, 0.4) is 0 Å². The minimum absolute atomic E-state index is 0.124.